The lowest BCUT2D eigenvalue weighted by Crippen LogP contribution is -1.88. The predicted molar refractivity (Wildman–Crippen MR) is 69.0 cm³/mol. The highest BCUT2D eigenvalue weighted by Crippen LogP contribution is 2.26. The zero-order valence-electron chi connectivity index (χ0n) is 7.57. The first-order valence-electron chi connectivity index (χ1n) is 4.38. The van der Waals surface area contributed by atoms with Gasteiger partial charge in [-0.3, -0.25) is 0 Å². The van der Waals surface area contributed by atoms with Crippen molar-refractivity contribution in [2.24, 2.45) is 0 Å². The highest BCUT2D eigenvalue weighted by Gasteiger charge is 2.01. The average molecular weight is 295 g/mol. The van der Waals surface area contributed by atoms with E-state index in [9.17, 15) is 0 Å². The van der Waals surface area contributed by atoms with Crippen LogP contribution in [0.2, 0.25) is 0 Å². The Morgan fingerprint density at radius 3 is 2.36 bits per heavy atom. The van der Waals surface area contributed by atoms with Gasteiger partial charge in [0.15, 0.2) is 0 Å². The van der Waals surface area contributed by atoms with Crippen molar-refractivity contribution in [1.29, 1.82) is 0 Å². The molecule has 0 aromatic heterocycles. The van der Waals surface area contributed by atoms with Crippen molar-refractivity contribution in [1.82, 2.24) is 0 Å². The van der Waals surface area contributed by atoms with Crippen molar-refractivity contribution >= 4 is 28.3 Å². The second-order valence-corrected chi connectivity index (χ2v) is 4.27. The van der Waals surface area contributed by atoms with E-state index in [1.165, 1.54) is 14.7 Å². The van der Waals surface area contributed by atoms with Gasteiger partial charge in [-0.1, -0.05) is 30.3 Å². The Bertz CT molecular complexity index is 437. The molecule has 0 unspecified atom stereocenters. The number of nitrogen functional groups attached to an aromatic ring is 1. The molecular weight excluding hydrogens is 285 g/mol. The number of rotatable bonds is 1. The Morgan fingerprint density at radius 1 is 0.929 bits per heavy atom. The fraction of sp³-hybridized carbons (Fsp3) is 0. The molecular formula is C12H10IN. The molecule has 0 saturated heterocycles. The lowest BCUT2D eigenvalue weighted by atomic mass is 10.1. The molecule has 2 N–H and O–H groups in total. The Balaban J connectivity index is 2.57. The van der Waals surface area contributed by atoms with Gasteiger partial charge < -0.3 is 5.73 Å². The minimum Gasteiger partial charge on any atom is -0.399 e. The third kappa shape index (κ3) is 1.90. The molecule has 0 amide bonds. The van der Waals surface area contributed by atoms with Gasteiger partial charge in [-0.25, -0.2) is 0 Å². The van der Waals surface area contributed by atoms with Gasteiger partial charge in [0.25, 0.3) is 0 Å². The van der Waals surface area contributed by atoms with Gasteiger partial charge in [0.2, 0.25) is 0 Å². The first kappa shape index (κ1) is 9.52. The SMILES string of the molecule is Nc1ccc(I)c(-c2ccccc2)c1. The Kier molecular flexibility index (Phi) is 2.72. The van der Waals surface area contributed by atoms with Gasteiger partial charge >= 0.3 is 0 Å². The minimum absolute atomic E-state index is 0.810. The Labute approximate surface area is 97.1 Å². The van der Waals surface area contributed by atoms with E-state index in [0.717, 1.165) is 5.69 Å². The van der Waals surface area contributed by atoms with Crippen molar-refractivity contribution in [2.45, 2.75) is 0 Å². The summed E-state index contributed by atoms with van der Waals surface area (Å²) in [5.74, 6) is 0. The van der Waals surface area contributed by atoms with Crippen molar-refractivity contribution in [3.63, 3.8) is 0 Å². The maximum absolute atomic E-state index is 5.76. The van der Waals surface area contributed by atoms with E-state index in [1.807, 2.05) is 36.4 Å². The Morgan fingerprint density at radius 2 is 1.64 bits per heavy atom. The molecule has 2 rings (SSSR count). The number of hydrogen-bond donors (Lipinski definition) is 1. The molecule has 0 aliphatic rings. The van der Waals surface area contributed by atoms with E-state index in [1.54, 1.807) is 0 Å². The van der Waals surface area contributed by atoms with Crippen molar-refractivity contribution in [2.75, 3.05) is 5.73 Å². The monoisotopic (exact) mass is 295 g/mol. The molecule has 0 saturated carbocycles. The number of hydrogen-bond acceptors (Lipinski definition) is 1. The summed E-state index contributed by atoms with van der Waals surface area (Å²) in [4.78, 5) is 0. The van der Waals surface area contributed by atoms with E-state index in [4.69, 9.17) is 5.73 Å². The van der Waals surface area contributed by atoms with Crippen LogP contribution >= 0.6 is 22.6 Å². The molecule has 14 heavy (non-hydrogen) atoms. The summed E-state index contributed by atoms with van der Waals surface area (Å²) in [5.41, 5.74) is 8.98. The molecule has 0 radical (unpaired) electrons. The maximum Gasteiger partial charge on any atom is 0.0320 e. The third-order valence-corrected chi connectivity index (χ3v) is 3.02. The van der Waals surface area contributed by atoms with Crippen LogP contribution in [0.1, 0.15) is 0 Å². The quantitative estimate of drug-likeness (QED) is 0.632. The number of nitrogens with two attached hydrogens (primary N) is 1. The van der Waals surface area contributed by atoms with Crippen LogP contribution in [0, 0.1) is 3.57 Å². The molecule has 2 aromatic carbocycles. The summed E-state index contributed by atoms with van der Waals surface area (Å²) in [6.07, 6.45) is 0. The Hall–Kier alpha value is -1.03. The van der Waals surface area contributed by atoms with Crippen molar-refractivity contribution < 1.29 is 0 Å². The van der Waals surface area contributed by atoms with Gasteiger partial charge in [-0.15, -0.1) is 0 Å². The molecule has 0 atom stereocenters. The first-order chi connectivity index (χ1) is 6.77. The molecule has 0 bridgehead atoms. The van der Waals surface area contributed by atoms with E-state index in [-0.39, 0.29) is 0 Å². The van der Waals surface area contributed by atoms with E-state index < -0.39 is 0 Å². The van der Waals surface area contributed by atoms with Crippen LogP contribution in [-0.2, 0) is 0 Å². The normalized spacial score (nSPS) is 10.1. The second kappa shape index (κ2) is 4.00. The molecule has 2 aromatic rings. The van der Waals surface area contributed by atoms with Gasteiger partial charge in [-0.2, -0.15) is 0 Å². The van der Waals surface area contributed by atoms with E-state index in [2.05, 4.69) is 34.7 Å². The number of halogens is 1. The van der Waals surface area contributed by atoms with E-state index in [0.29, 0.717) is 0 Å². The van der Waals surface area contributed by atoms with Crippen LogP contribution in [-0.4, -0.2) is 0 Å². The summed E-state index contributed by atoms with van der Waals surface area (Å²) < 4.78 is 1.23. The highest BCUT2D eigenvalue weighted by molar-refractivity contribution is 14.1. The van der Waals surface area contributed by atoms with Gasteiger partial charge in [0.05, 0.1) is 0 Å². The molecule has 0 spiro atoms. The third-order valence-electron chi connectivity index (χ3n) is 2.08. The molecule has 0 heterocycles. The summed E-state index contributed by atoms with van der Waals surface area (Å²) in [6.45, 7) is 0. The van der Waals surface area contributed by atoms with Gasteiger partial charge in [0, 0.05) is 9.26 Å². The summed E-state index contributed by atoms with van der Waals surface area (Å²) in [7, 11) is 0. The molecule has 0 aliphatic carbocycles. The maximum atomic E-state index is 5.76. The van der Waals surface area contributed by atoms with Crippen LogP contribution < -0.4 is 5.73 Å². The van der Waals surface area contributed by atoms with Crippen LogP contribution in [0.5, 0.6) is 0 Å². The standard InChI is InChI=1S/C12H10IN/c13-12-7-6-10(14)8-11(12)9-4-2-1-3-5-9/h1-8H,14H2. The second-order valence-electron chi connectivity index (χ2n) is 3.11. The minimum atomic E-state index is 0.810. The lowest BCUT2D eigenvalue weighted by Gasteiger charge is -2.05. The highest BCUT2D eigenvalue weighted by atomic mass is 127. The van der Waals surface area contributed by atoms with Crippen LogP contribution in [0.3, 0.4) is 0 Å². The molecule has 2 heteroatoms. The van der Waals surface area contributed by atoms with Crippen molar-refractivity contribution in [3.05, 3.63) is 52.1 Å². The lowest BCUT2D eigenvalue weighted by molar-refractivity contribution is 1.58. The fourth-order valence-electron chi connectivity index (χ4n) is 1.38. The summed E-state index contributed by atoms with van der Waals surface area (Å²) in [6, 6.07) is 16.3. The fourth-order valence-corrected chi connectivity index (χ4v) is 2.03. The smallest absolute Gasteiger partial charge is 0.0320 e. The zero-order valence-corrected chi connectivity index (χ0v) is 9.73. The first-order valence-corrected chi connectivity index (χ1v) is 5.46. The van der Waals surface area contributed by atoms with Crippen LogP contribution in [0.25, 0.3) is 11.1 Å². The number of anilines is 1. The topological polar surface area (TPSA) is 26.0 Å². The predicted octanol–water partition coefficient (Wildman–Crippen LogP) is 3.54. The van der Waals surface area contributed by atoms with Crippen LogP contribution in [0.4, 0.5) is 5.69 Å². The van der Waals surface area contributed by atoms with Gasteiger partial charge in [-0.05, 0) is 51.9 Å². The number of benzene rings is 2. The summed E-state index contributed by atoms with van der Waals surface area (Å²) in [5, 5.41) is 0. The summed E-state index contributed by atoms with van der Waals surface area (Å²) >= 11 is 2.32. The van der Waals surface area contributed by atoms with Crippen molar-refractivity contribution in [3.8, 4) is 11.1 Å². The largest absolute Gasteiger partial charge is 0.399 e. The van der Waals surface area contributed by atoms with E-state index >= 15 is 0 Å². The molecule has 0 fully saturated rings. The molecule has 1 nitrogen and oxygen atoms in total. The van der Waals surface area contributed by atoms with Crippen LogP contribution in [0.15, 0.2) is 48.5 Å². The molecule has 70 valence electrons. The zero-order chi connectivity index (χ0) is 9.97. The van der Waals surface area contributed by atoms with Gasteiger partial charge in [0.1, 0.15) is 0 Å². The average Bonchev–Trinajstić information content (AvgIpc) is 2.23. The molecule has 0 aliphatic heterocycles.